The SMILES string of the molecule is CCOC(=O)COc1cc(I)c(Br)cc1Br. The van der Waals surface area contributed by atoms with Gasteiger partial charge in [0.15, 0.2) is 6.61 Å². The van der Waals surface area contributed by atoms with E-state index in [0.717, 1.165) is 12.5 Å². The van der Waals surface area contributed by atoms with E-state index in [1.807, 2.05) is 12.1 Å². The zero-order chi connectivity index (χ0) is 12.1. The summed E-state index contributed by atoms with van der Waals surface area (Å²) < 4.78 is 12.9. The Kier molecular flexibility index (Phi) is 6.06. The number of rotatable bonds is 4. The van der Waals surface area contributed by atoms with Crippen LogP contribution in [-0.2, 0) is 9.53 Å². The number of halogens is 3. The number of carbonyl (C=O) groups excluding carboxylic acids is 1. The van der Waals surface area contributed by atoms with Gasteiger partial charge in [0.05, 0.1) is 11.1 Å². The number of ether oxygens (including phenoxy) is 2. The molecule has 0 N–H and O–H groups in total. The van der Waals surface area contributed by atoms with Crippen molar-refractivity contribution in [2.75, 3.05) is 13.2 Å². The van der Waals surface area contributed by atoms with Crippen molar-refractivity contribution in [1.82, 2.24) is 0 Å². The van der Waals surface area contributed by atoms with E-state index in [1.165, 1.54) is 0 Å². The Morgan fingerprint density at radius 2 is 2.06 bits per heavy atom. The summed E-state index contributed by atoms with van der Waals surface area (Å²) in [6.07, 6.45) is 0. The minimum Gasteiger partial charge on any atom is -0.481 e. The fourth-order valence-corrected chi connectivity index (χ4v) is 2.50. The molecule has 6 heteroatoms. The average molecular weight is 464 g/mol. The molecule has 0 spiro atoms. The first-order chi connectivity index (χ1) is 7.54. The highest BCUT2D eigenvalue weighted by molar-refractivity contribution is 14.1. The fraction of sp³-hybridized carbons (Fsp3) is 0.300. The molecule has 0 aliphatic heterocycles. The molecule has 0 bridgehead atoms. The summed E-state index contributed by atoms with van der Waals surface area (Å²) in [4.78, 5) is 11.1. The Morgan fingerprint density at radius 3 is 2.69 bits per heavy atom. The second-order valence-electron chi connectivity index (χ2n) is 2.79. The summed E-state index contributed by atoms with van der Waals surface area (Å²) in [7, 11) is 0. The average Bonchev–Trinajstić information content (AvgIpc) is 2.22. The van der Waals surface area contributed by atoms with Crippen LogP contribution in [-0.4, -0.2) is 19.2 Å². The van der Waals surface area contributed by atoms with Gasteiger partial charge in [-0.3, -0.25) is 0 Å². The zero-order valence-electron chi connectivity index (χ0n) is 8.43. The number of hydrogen-bond donors (Lipinski definition) is 0. The van der Waals surface area contributed by atoms with Gasteiger partial charge in [-0.15, -0.1) is 0 Å². The molecule has 0 aromatic heterocycles. The minimum absolute atomic E-state index is 0.0792. The monoisotopic (exact) mass is 462 g/mol. The van der Waals surface area contributed by atoms with E-state index < -0.39 is 0 Å². The van der Waals surface area contributed by atoms with Crippen LogP contribution in [0, 0.1) is 3.57 Å². The molecule has 1 aromatic rings. The molecule has 0 unspecified atom stereocenters. The molecule has 1 rings (SSSR count). The van der Waals surface area contributed by atoms with Crippen molar-refractivity contribution >= 4 is 60.4 Å². The van der Waals surface area contributed by atoms with E-state index in [2.05, 4.69) is 54.5 Å². The van der Waals surface area contributed by atoms with Gasteiger partial charge in [-0.2, -0.15) is 0 Å². The Morgan fingerprint density at radius 1 is 1.38 bits per heavy atom. The lowest BCUT2D eigenvalue weighted by molar-refractivity contribution is -0.145. The predicted molar refractivity (Wildman–Crippen MR) is 76.7 cm³/mol. The molecule has 16 heavy (non-hydrogen) atoms. The van der Waals surface area contributed by atoms with Gasteiger partial charge in [0.25, 0.3) is 0 Å². The molecule has 3 nitrogen and oxygen atoms in total. The first-order valence-corrected chi connectivity index (χ1v) is 7.14. The van der Waals surface area contributed by atoms with Crippen LogP contribution in [0.4, 0.5) is 0 Å². The summed E-state index contributed by atoms with van der Waals surface area (Å²) in [5.74, 6) is 0.257. The molecule has 0 aliphatic carbocycles. The van der Waals surface area contributed by atoms with Crippen LogP contribution in [0.5, 0.6) is 5.75 Å². The normalized spacial score (nSPS) is 10.0. The van der Waals surface area contributed by atoms with E-state index in [1.54, 1.807) is 6.92 Å². The Labute approximate surface area is 124 Å². The van der Waals surface area contributed by atoms with Gasteiger partial charge in [0.1, 0.15) is 5.75 Å². The van der Waals surface area contributed by atoms with Crippen molar-refractivity contribution in [2.45, 2.75) is 6.92 Å². The number of carbonyl (C=O) groups is 1. The Bertz CT molecular complexity index is 396. The topological polar surface area (TPSA) is 35.5 Å². The maximum Gasteiger partial charge on any atom is 0.344 e. The van der Waals surface area contributed by atoms with Crippen LogP contribution in [0.2, 0.25) is 0 Å². The molecule has 88 valence electrons. The van der Waals surface area contributed by atoms with Crippen LogP contribution in [0.3, 0.4) is 0 Å². The zero-order valence-corrected chi connectivity index (χ0v) is 13.8. The molecule has 0 atom stereocenters. The van der Waals surface area contributed by atoms with Gasteiger partial charge in [-0.1, -0.05) is 0 Å². The summed E-state index contributed by atoms with van der Waals surface area (Å²) in [6.45, 7) is 2.04. The van der Waals surface area contributed by atoms with Crippen LogP contribution < -0.4 is 4.74 Å². The van der Waals surface area contributed by atoms with E-state index in [4.69, 9.17) is 9.47 Å². The molecular weight excluding hydrogens is 455 g/mol. The largest absolute Gasteiger partial charge is 0.481 e. The van der Waals surface area contributed by atoms with Crippen molar-refractivity contribution < 1.29 is 14.3 Å². The van der Waals surface area contributed by atoms with Crippen LogP contribution >= 0.6 is 54.5 Å². The summed E-state index contributed by atoms with van der Waals surface area (Å²) in [5, 5.41) is 0. The first-order valence-electron chi connectivity index (χ1n) is 4.47. The predicted octanol–water partition coefficient (Wildman–Crippen LogP) is 3.76. The van der Waals surface area contributed by atoms with Gasteiger partial charge in [-0.25, -0.2) is 4.79 Å². The summed E-state index contributed by atoms with van der Waals surface area (Å²) in [5.41, 5.74) is 0. The Balaban J connectivity index is 2.67. The van der Waals surface area contributed by atoms with E-state index in [9.17, 15) is 4.79 Å². The lowest BCUT2D eigenvalue weighted by atomic mass is 10.3. The highest BCUT2D eigenvalue weighted by atomic mass is 127. The maximum absolute atomic E-state index is 11.1. The smallest absolute Gasteiger partial charge is 0.344 e. The number of hydrogen-bond acceptors (Lipinski definition) is 3. The molecule has 1 aromatic carbocycles. The molecule has 0 saturated heterocycles. The van der Waals surface area contributed by atoms with E-state index >= 15 is 0 Å². The molecule has 0 aliphatic rings. The molecule has 0 saturated carbocycles. The molecular formula is C10H9Br2IO3. The molecule has 0 fully saturated rings. The standard InChI is InChI=1S/C10H9Br2IO3/c1-2-15-10(14)5-16-9-4-8(13)6(11)3-7(9)12/h3-4H,2,5H2,1H3. The lowest BCUT2D eigenvalue weighted by Crippen LogP contribution is -2.14. The number of esters is 1. The van der Waals surface area contributed by atoms with Gasteiger partial charge in [0, 0.05) is 8.04 Å². The third-order valence-electron chi connectivity index (χ3n) is 1.63. The van der Waals surface area contributed by atoms with Gasteiger partial charge in [0.2, 0.25) is 0 Å². The van der Waals surface area contributed by atoms with Gasteiger partial charge >= 0.3 is 5.97 Å². The van der Waals surface area contributed by atoms with Crippen molar-refractivity contribution in [2.24, 2.45) is 0 Å². The lowest BCUT2D eigenvalue weighted by Gasteiger charge is -2.09. The quantitative estimate of drug-likeness (QED) is 0.387. The molecule has 0 amide bonds. The highest BCUT2D eigenvalue weighted by Gasteiger charge is 2.08. The fourth-order valence-electron chi connectivity index (χ4n) is 0.954. The summed E-state index contributed by atoms with van der Waals surface area (Å²) >= 11 is 8.94. The third-order valence-corrected chi connectivity index (χ3v) is 4.54. The highest BCUT2D eigenvalue weighted by Crippen LogP contribution is 2.32. The second kappa shape index (κ2) is 6.80. The van der Waals surface area contributed by atoms with Crippen molar-refractivity contribution in [3.05, 3.63) is 24.6 Å². The van der Waals surface area contributed by atoms with Crippen molar-refractivity contribution in [3.63, 3.8) is 0 Å². The minimum atomic E-state index is -0.368. The van der Waals surface area contributed by atoms with Gasteiger partial charge < -0.3 is 9.47 Å². The van der Waals surface area contributed by atoms with E-state index in [0.29, 0.717) is 12.4 Å². The van der Waals surface area contributed by atoms with E-state index in [-0.39, 0.29) is 12.6 Å². The van der Waals surface area contributed by atoms with Crippen LogP contribution in [0.15, 0.2) is 21.1 Å². The van der Waals surface area contributed by atoms with Gasteiger partial charge in [-0.05, 0) is 73.5 Å². The van der Waals surface area contributed by atoms with Crippen LogP contribution in [0.1, 0.15) is 6.92 Å². The van der Waals surface area contributed by atoms with Crippen molar-refractivity contribution in [3.8, 4) is 5.75 Å². The van der Waals surface area contributed by atoms with Crippen molar-refractivity contribution in [1.29, 1.82) is 0 Å². The molecule has 0 heterocycles. The van der Waals surface area contributed by atoms with Crippen LogP contribution in [0.25, 0.3) is 0 Å². The maximum atomic E-state index is 11.1. The second-order valence-corrected chi connectivity index (χ2v) is 5.66. The Hall–Kier alpha value is 0.180. The number of benzene rings is 1. The molecule has 0 radical (unpaired) electrons. The third kappa shape index (κ3) is 4.21. The first kappa shape index (κ1) is 14.2. The summed E-state index contributed by atoms with van der Waals surface area (Å²) in [6, 6.07) is 3.72.